The number of hydrogen-bond donors (Lipinski definition) is 2. The first kappa shape index (κ1) is 23.1. The van der Waals surface area contributed by atoms with Crippen molar-refractivity contribution in [2.75, 3.05) is 0 Å². The molecule has 0 amide bonds. The minimum Gasteiger partial charge on any atom is -0.307 e. The first-order chi connectivity index (χ1) is 18.8. The van der Waals surface area contributed by atoms with Gasteiger partial charge in [0.25, 0.3) is 0 Å². The lowest BCUT2D eigenvalue weighted by Crippen LogP contribution is -2.49. The average Bonchev–Trinajstić information content (AvgIpc) is 2.99. The van der Waals surface area contributed by atoms with Crippen molar-refractivity contribution in [3.05, 3.63) is 96.6 Å². The SMILES string of the molecule is c1cnc2c(c1)ccc1ccc(CN[C@H]3CCCC[C@@H]3NCc3ccc4ccc5cccnc5c4n3)nc12. The maximum atomic E-state index is 5.00. The predicted molar refractivity (Wildman–Crippen MR) is 154 cm³/mol. The van der Waals surface area contributed by atoms with E-state index in [9.17, 15) is 0 Å². The van der Waals surface area contributed by atoms with Gasteiger partial charge in [-0.3, -0.25) is 9.97 Å². The zero-order valence-corrected chi connectivity index (χ0v) is 21.3. The minimum atomic E-state index is 0.398. The molecule has 1 aliphatic carbocycles. The Balaban J connectivity index is 1.07. The van der Waals surface area contributed by atoms with Crippen LogP contribution < -0.4 is 10.6 Å². The Morgan fingerprint density at radius 3 is 1.42 bits per heavy atom. The number of aromatic nitrogens is 4. The first-order valence-corrected chi connectivity index (χ1v) is 13.6. The number of nitrogens with zero attached hydrogens (tertiary/aromatic N) is 4. The minimum absolute atomic E-state index is 0.398. The van der Waals surface area contributed by atoms with Crippen molar-refractivity contribution >= 4 is 43.6 Å². The Morgan fingerprint density at radius 1 is 0.526 bits per heavy atom. The van der Waals surface area contributed by atoms with Crippen LogP contribution >= 0.6 is 0 Å². The van der Waals surface area contributed by atoms with E-state index in [4.69, 9.17) is 9.97 Å². The van der Waals surface area contributed by atoms with E-state index in [1.165, 1.54) is 12.8 Å². The maximum Gasteiger partial charge on any atom is 0.0968 e. The van der Waals surface area contributed by atoms with Crippen LogP contribution in [0.4, 0.5) is 0 Å². The molecule has 0 bridgehead atoms. The summed E-state index contributed by atoms with van der Waals surface area (Å²) in [7, 11) is 0. The zero-order chi connectivity index (χ0) is 25.3. The van der Waals surface area contributed by atoms with E-state index in [0.717, 1.165) is 80.9 Å². The Bertz CT molecular complexity index is 1630. The molecule has 188 valence electrons. The van der Waals surface area contributed by atoms with Crippen molar-refractivity contribution in [1.29, 1.82) is 0 Å². The highest BCUT2D eigenvalue weighted by molar-refractivity contribution is 6.03. The Hall–Kier alpha value is -4.00. The fourth-order valence-electron chi connectivity index (χ4n) is 5.82. The van der Waals surface area contributed by atoms with Gasteiger partial charge in [-0.05, 0) is 37.1 Å². The maximum absolute atomic E-state index is 5.00. The van der Waals surface area contributed by atoms with E-state index in [1.54, 1.807) is 0 Å². The molecule has 6 nitrogen and oxygen atoms in total. The molecule has 1 saturated carbocycles. The van der Waals surface area contributed by atoms with E-state index in [0.29, 0.717) is 12.1 Å². The summed E-state index contributed by atoms with van der Waals surface area (Å²) in [5.41, 5.74) is 5.99. The number of fused-ring (bicyclic) bond motifs is 6. The van der Waals surface area contributed by atoms with Gasteiger partial charge in [-0.25, -0.2) is 9.97 Å². The van der Waals surface area contributed by atoms with E-state index in [1.807, 2.05) is 24.5 Å². The summed E-state index contributed by atoms with van der Waals surface area (Å²) in [6, 6.07) is 26.0. The quantitative estimate of drug-likeness (QED) is 0.272. The fourth-order valence-corrected chi connectivity index (χ4v) is 5.82. The molecular formula is C32H30N6. The molecule has 0 spiro atoms. The van der Waals surface area contributed by atoms with Crippen LogP contribution in [-0.4, -0.2) is 32.0 Å². The highest BCUT2D eigenvalue weighted by Crippen LogP contribution is 2.24. The highest BCUT2D eigenvalue weighted by atomic mass is 15.0. The topological polar surface area (TPSA) is 75.6 Å². The van der Waals surface area contributed by atoms with Gasteiger partial charge in [-0.15, -0.1) is 0 Å². The van der Waals surface area contributed by atoms with Gasteiger partial charge in [0.1, 0.15) is 0 Å². The lowest BCUT2D eigenvalue weighted by atomic mass is 9.90. The van der Waals surface area contributed by atoms with Gasteiger partial charge < -0.3 is 10.6 Å². The van der Waals surface area contributed by atoms with Crippen LogP contribution in [0.25, 0.3) is 43.6 Å². The third-order valence-electron chi connectivity index (χ3n) is 7.84. The van der Waals surface area contributed by atoms with Crippen molar-refractivity contribution in [3.8, 4) is 0 Å². The molecule has 2 N–H and O–H groups in total. The highest BCUT2D eigenvalue weighted by Gasteiger charge is 2.24. The molecule has 4 aromatic heterocycles. The second kappa shape index (κ2) is 10.0. The molecule has 2 atom stereocenters. The molecule has 0 aliphatic heterocycles. The van der Waals surface area contributed by atoms with Crippen LogP contribution in [0.15, 0.2) is 85.2 Å². The van der Waals surface area contributed by atoms with Crippen LogP contribution in [0.2, 0.25) is 0 Å². The van der Waals surface area contributed by atoms with Crippen molar-refractivity contribution in [2.24, 2.45) is 0 Å². The van der Waals surface area contributed by atoms with Crippen molar-refractivity contribution in [3.63, 3.8) is 0 Å². The number of hydrogen-bond acceptors (Lipinski definition) is 6. The normalized spacial score (nSPS) is 18.0. The molecule has 6 aromatic rings. The van der Waals surface area contributed by atoms with Gasteiger partial charge in [-0.1, -0.05) is 61.4 Å². The third-order valence-corrected chi connectivity index (χ3v) is 7.84. The second-order valence-corrected chi connectivity index (χ2v) is 10.3. The number of rotatable bonds is 6. The molecule has 1 aliphatic rings. The van der Waals surface area contributed by atoms with Crippen LogP contribution in [0, 0.1) is 0 Å². The number of nitrogens with one attached hydrogen (secondary N) is 2. The van der Waals surface area contributed by atoms with Gasteiger partial charge in [0, 0.05) is 59.1 Å². The summed E-state index contributed by atoms with van der Waals surface area (Å²) in [4.78, 5) is 19.2. The smallest absolute Gasteiger partial charge is 0.0968 e. The lowest BCUT2D eigenvalue weighted by molar-refractivity contribution is 0.280. The van der Waals surface area contributed by atoms with Crippen molar-refractivity contribution in [2.45, 2.75) is 50.9 Å². The second-order valence-electron chi connectivity index (χ2n) is 10.3. The van der Waals surface area contributed by atoms with E-state index in [-0.39, 0.29) is 0 Å². The molecule has 0 unspecified atom stereocenters. The molecule has 0 radical (unpaired) electrons. The first-order valence-electron chi connectivity index (χ1n) is 13.6. The predicted octanol–water partition coefficient (Wildman–Crippen LogP) is 6.07. The van der Waals surface area contributed by atoms with Crippen LogP contribution in [0.5, 0.6) is 0 Å². The van der Waals surface area contributed by atoms with Gasteiger partial charge in [0.2, 0.25) is 0 Å². The summed E-state index contributed by atoms with van der Waals surface area (Å²) in [5.74, 6) is 0. The lowest BCUT2D eigenvalue weighted by Gasteiger charge is -2.33. The van der Waals surface area contributed by atoms with Crippen LogP contribution in [0.1, 0.15) is 37.1 Å². The Labute approximate surface area is 221 Å². The molecule has 7 rings (SSSR count). The molecule has 1 fully saturated rings. The van der Waals surface area contributed by atoms with Crippen molar-refractivity contribution < 1.29 is 0 Å². The van der Waals surface area contributed by atoms with E-state index >= 15 is 0 Å². The summed E-state index contributed by atoms with van der Waals surface area (Å²) in [5, 5.41) is 12.1. The molecule has 6 heteroatoms. The molecule has 2 aromatic carbocycles. The van der Waals surface area contributed by atoms with E-state index < -0.39 is 0 Å². The Kier molecular flexibility index (Phi) is 6.12. The van der Waals surface area contributed by atoms with Crippen LogP contribution in [0.3, 0.4) is 0 Å². The average molecular weight is 499 g/mol. The summed E-state index contributed by atoms with van der Waals surface area (Å²) in [6.07, 6.45) is 8.51. The van der Waals surface area contributed by atoms with E-state index in [2.05, 4.69) is 81.3 Å². The van der Waals surface area contributed by atoms with Gasteiger partial charge in [-0.2, -0.15) is 0 Å². The number of pyridine rings is 4. The summed E-state index contributed by atoms with van der Waals surface area (Å²) >= 11 is 0. The molecule has 38 heavy (non-hydrogen) atoms. The summed E-state index contributed by atoms with van der Waals surface area (Å²) < 4.78 is 0. The van der Waals surface area contributed by atoms with Gasteiger partial charge in [0.05, 0.1) is 33.5 Å². The standard InChI is InChI=1S/C32H30N6/c1-2-8-28(36-20-26-16-14-24-12-10-22-6-4-18-34-30(22)32(24)38-26)27(7-1)35-19-25-15-13-23-11-9-21-5-3-17-33-29(21)31(23)37-25/h3-6,9-18,27-28,35-36H,1-2,7-8,19-20H2/t27-,28-/m0/s1. The molecule has 0 saturated heterocycles. The van der Waals surface area contributed by atoms with Crippen molar-refractivity contribution in [1.82, 2.24) is 30.6 Å². The third kappa shape index (κ3) is 4.46. The largest absolute Gasteiger partial charge is 0.307 e. The summed E-state index contributed by atoms with van der Waals surface area (Å²) in [6.45, 7) is 1.49. The van der Waals surface area contributed by atoms with Crippen LogP contribution in [-0.2, 0) is 13.1 Å². The monoisotopic (exact) mass is 498 g/mol. The number of benzene rings is 2. The Morgan fingerprint density at radius 2 is 0.947 bits per heavy atom. The van der Waals surface area contributed by atoms with Gasteiger partial charge in [0.15, 0.2) is 0 Å². The fraction of sp³-hybridized carbons (Fsp3) is 0.250. The molecule has 4 heterocycles. The molecular weight excluding hydrogens is 468 g/mol. The zero-order valence-electron chi connectivity index (χ0n) is 21.3. The van der Waals surface area contributed by atoms with Gasteiger partial charge >= 0.3 is 0 Å².